The van der Waals surface area contributed by atoms with Crippen LogP contribution >= 0.6 is 11.3 Å². The van der Waals surface area contributed by atoms with Crippen LogP contribution in [0.15, 0.2) is 41.3 Å². The maximum Gasteiger partial charge on any atom is 0.404 e. The van der Waals surface area contributed by atoms with Crippen LogP contribution in [-0.2, 0) is 26.3 Å². The molecule has 1 unspecified atom stereocenters. The number of alkyl halides is 3. The first-order valence-corrected chi connectivity index (χ1v) is 17.0. The summed E-state index contributed by atoms with van der Waals surface area (Å²) in [6.45, 7) is 0.744. The van der Waals surface area contributed by atoms with Crippen LogP contribution in [0, 0.1) is 5.92 Å². The van der Waals surface area contributed by atoms with Gasteiger partial charge in [0.05, 0.1) is 27.0 Å². The number of fused-ring (bicyclic) bond motifs is 1. The fourth-order valence-corrected chi connectivity index (χ4v) is 8.71. The number of sulfonamides is 1. The molecule has 8 nitrogen and oxygen atoms in total. The second-order valence-corrected chi connectivity index (χ2v) is 15.4. The molecule has 2 aromatic carbocycles. The van der Waals surface area contributed by atoms with Gasteiger partial charge in [0.25, 0.3) is 5.91 Å². The number of carbonyl (C=O) groups excluding carboxylic acids is 1. The lowest BCUT2D eigenvalue weighted by molar-refractivity contribution is -0.147. The minimum atomic E-state index is -4.74. The number of amides is 1. The third kappa shape index (κ3) is 6.34. The largest absolute Gasteiger partial charge is 0.404 e. The van der Waals surface area contributed by atoms with Crippen molar-refractivity contribution in [1.82, 2.24) is 15.0 Å². The van der Waals surface area contributed by atoms with Gasteiger partial charge in [0, 0.05) is 17.0 Å². The van der Waals surface area contributed by atoms with E-state index >= 15 is 0 Å². The molecule has 2 aliphatic rings. The third-order valence-corrected chi connectivity index (χ3v) is 11.6. The lowest BCUT2D eigenvalue weighted by Gasteiger charge is -2.22. The van der Waals surface area contributed by atoms with Crippen LogP contribution in [0.2, 0.25) is 0 Å². The van der Waals surface area contributed by atoms with Gasteiger partial charge in [-0.2, -0.15) is 17.9 Å². The summed E-state index contributed by atoms with van der Waals surface area (Å²) in [7, 11) is -7.59. The Morgan fingerprint density at radius 2 is 1.73 bits per heavy atom. The van der Waals surface area contributed by atoms with Crippen molar-refractivity contribution in [2.75, 3.05) is 11.5 Å². The number of nitrogens with one attached hydrogen (secondary N) is 2. The Morgan fingerprint density at radius 1 is 1.07 bits per heavy atom. The van der Waals surface area contributed by atoms with Crippen molar-refractivity contribution in [2.24, 2.45) is 5.92 Å². The van der Waals surface area contributed by atoms with Crippen LogP contribution in [0.4, 0.5) is 13.2 Å². The summed E-state index contributed by atoms with van der Waals surface area (Å²) >= 11 is 1.17. The third-order valence-electron chi connectivity index (χ3n) is 7.20. The molecule has 1 aromatic heterocycles. The summed E-state index contributed by atoms with van der Waals surface area (Å²) in [4.78, 5) is 18.2. The molecule has 0 bridgehead atoms. The van der Waals surface area contributed by atoms with E-state index in [2.05, 4.69) is 10.3 Å². The Balaban J connectivity index is 1.51. The highest BCUT2D eigenvalue weighted by molar-refractivity contribution is 7.91. The number of hydrogen-bond acceptors (Lipinski definition) is 7. The predicted molar refractivity (Wildman–Crippen MR) is 146 cm³/mol. The fourth-order valence-electron chi connectivity index (χ4n) is 4.74. The maximum absolute atomic E-state index is 13.1. The summed E-state index contributed by atoms with van der Waals surface area (Å²) in [6.07, 6.45) is -1.36. The van der Waals surface area contributed by atoms with Crippen LogP contribution in [0.3, 0.4) is 0 Å². The first-order chi connectivity index (χ1) is 18.7. The van der Waals surface area contributed by atoms with Crippen LogP contribution in [0.5, 0.6) is 0 Å². The van der Waals surface area contributed by atoms with Gasteiger partial charge >= 0.3 is 6.18 Å². The van der Waals surface area contributed by atoms with Crippen LogP contribution in [-0.4, -0.2) is 57.5 Å². The van der Waals surface area contributed by atoms with Gasteiger partial charge < -0.3 is 5.32 Å². The van der Waals surface area contributed by atoms with Crippen molar-refractivity contribution in [3.05, 3.63) is 47.1 Å². The van der Waals surface area contributed by atoms with Gasteiger partial charge in [-0.25, -0.2) is 21.8 Å². The second-order valence-electron chi connectivity index (χ2n) is 10.4. The molecule has 1 saturated heterocycles. The summed E-state index contributed by atoms with van der Waals surface area (Å²) in [5, 5.41) is 3.88. The Hall–Kier alpha value is -2.55. The fraction of sp³-hybridized carbons (Fsp3) is 0.462. The first-order valence-electron chi connectivity index (χ1n) is 12.9. The number of thiazole rings is 1. The molecule has 14 heteroatoms. The van der Waals surface area contributed by atoms with Crippen molar-refractivity contribution in [2.45, 2.75) is 62.2 Å². The number of rotatable bonds is 8. The minimum absolute atomic E-state index is 0.0197. The number of halogens is 3. The van der Waals surface area contributed by atoms with Gasteiger partial charge in [0.15, 0.2) is 5.01 Å². The molecule has 40 heavy (non-hydrogen) atoms. The Labute approximate surface area is 234 Å². The number of nitrogens with zero attached hydrogens (tertiary/aromatic N) is 1. The molecular weight excluding hydrogens is 587 g/mol. The van der Waals surface area contributed by atoms with E-state index in [1.165, 1.54) is 23.5 Å². The van der Waals surface area contributed by atoms with Gasteiger partial charge in [-0.1, -0.05) is 30.3 Å². The lowest BCUT2D eigenvalue weighted by Crippen LogP contribution is -2.43. The minimum Gasteiger partial charge on any atom is -0.347 e. The SMILES string of the molecule is CC(NS(=O)(=O)c1ccc(-c2sc(C(=O)NC3CCS(=O)(=O)CC3)nc2CC2CC2)c2ccccc12)C(F)(F)F. The van der Waals surface area contributed by atoms with Crippen LogP contribution in [0.25, 0.3) is 21.2 Å². The van der Waals surface area contributed by atoms with E-state index in [0.717, 1.165) is 19.8 Å². The molecule has 1 saturated carbocycles. The molecule has 2 heterocycles. The van der Waals surface area contributed by atoms with Crippen molar-refractivity contribution in [1.29, 1.82) is 0 Å². The van der Waals surface area contributed by atoms with E-state index in [1.807, 2.05) is 0 Å². The predicted octanol–water partition coefficient (Wildman–Crippen LogP) is 4.45. The molecule has 0 radical (unpaired) electrons. The van der Waals surface area contributed by atoms with E-state index < -0.39 is 38.0 Å². The molecular formula is C26H28F3N3O5S3. The molecule has 2 fully saturated rings. The molecule has 1 atom stereocenters. The average molecular weight is 616 g/mol. The zero-order valence-electron chi connectivity index (χ0n) is 21.5. The van der Waals surface area contributed by atoms with E-state index in [1.54, 1.807) is 29.0 Å². The number of sulfone groups is 1. The quantitative estimate of drug-likeness (QED) is 0.386. The van der Waals surface area contributed by atoms with Crippen molar-refractivity contribution in [3.63, 3.8) is 0 Å². The first kappa shape index (κ1) is 29.0. The van der Waals surface area contributed by atoms with Gasteiger partial charge in [-0.15, -0.1) is 11.3 Å². The van der Waals surface area contributed by atoms with E-state index in [4.69, 9.17) is 0 Å². The smallest absolute Gasteiger partial charge is 0.347 e. The summed E-state index contributed by atoms with van der Waals surface area (Å²) in [5.74, 6) is 0.0725. The number of benzene rings is 2. The zero-order chi connectivity index (χ0) is 28.9. The van der Waals surface area contributed by atoms with Crippen LogP contribution in [0.1, 0.15) is 48.1 Å². The average Bonchev–Trinajstić information content (AvgIpc) is 3.60. The van der Waals surface area contributed by atoms with Gasteiger partial charge in [-0.3, -0.25) is 4.79 Å². The molecule has 1 aliphatic heterocycles. The van der Waals surface area contributed by atoms with Gasteiger partial charge in [0.1, 0.15) is 15.9 Å². The number of carbonyl (C=O) groups is 1. The summed E-state index contributed by atoms with van der Waals surface area (Å²) < 4.78 is 90.5. The van der Waals surface area contributed by atoms with Crippen LogP contribution < -0.4 is 10.0 Å². The van der Waals surface area contributed by atoms with E-state index in [9.17, 15) is 34.8 Å². The Morgan fingerprint density at radius 3 is 2.35 bits per heavy atom. The summed E-state index contributed by atoms with van der Waals surface area (Å²) in [5.41, 5.74) is 1.34. The lowest BCUT2D eigenvalue weighted by atomic mass is 10.0. The highest BCUT2D eigenvalue weighted by Gasteiger charge is 2.39. The highest BCUT2D eigenvalue weighted by Crippen LogP contribution is 2.41. The summed E-state index contributed by atoms with van der Waals surface area (Å²) in [6, 6.07) is 6.84. The number of aromatic nitrogens is 1. The van der Waals surface area contributed by atoms with Crippen molar-refractivity contribution in [3.8, 4) is 10.4 Å². The molecule has 1 amide bonds. The maximum atomic E-state index is 13.1. The van der Waals surface area contributed by atoms with Gasteiger partial charge in [0.2, 0.25) is 10.0 Å². The van der Waals surface area contributed by atoms with E-state index in [0.29, 0.717) is 46.7 Å². The van der Waals surface area contributed by atoms with Crippen molar-refractivity contribution >= 4 is 47.9 Å². The standard InChI is InChI=1S/C26H28F3N3O5S3/c1-15(26(27,28)29)32-40(36,37)22-9-8-20(18-4-2-3-5-19(18)22)23-21(14-16-6-7-16)31-25(38-23)24(33)30-17-10-12-39(34,35)13-11-17/h2-5,8-9,15-17,32H,6-7,10-14H2,1H3,(H,30,33). The Bertz CT molecular complexity index is 1650. The number of hydrogen-bond donors (Lipinski definition) is 2. The normalized spacial score (nSPS) is 19.0. The molecule has 3 aromatic rings. The molecule has 0 spiro atoms. The molecule has 216 valence electrons. The highest BCUT2D eigenvalue weighted by atomic mass is 32.2. The Kier molecular flexibility index (Phi) is 7.74. The zero-order valence-corrected chi connectivity index (χ0v) is 23.9. The molecule has 5 rings (SSSR count). The van der Waals surface area contributed by atoms with Crippen molar-refractivity contribution < 1.29 is 34.8 Å². The topological polar surface area (TPSA) is 122 Å². The van der Waals surface area contributed by atoms with Gasteiger partial charge in [-0.05, 0) is 56.4 Å². The second kappa shape index (κ2) is 10.7. The molecule has 1 aliphatic carbocycles. The van der Waals surface area contributed by atoms with E-state index in [-0.39, 0.29) is 32.8 Å². The molecule has 2 N–H and O–H groups in total. The monoisotopic (exact) mass is 615 g/mol.